The summed E-state index contributed by atoms with van der Waals surface area (Å²) >= 11 is 12.5. The Kier molecular flexibility index (Phi) is 5.67. The number of rotatable bonds is 4. The molecule has 1 aromatic heterocycles. The lowest BCUT2D eigenvalue weighted by molar-refractivity contribution is -0.131. The molecule has 2 N–H and O–H groups in total. The molecule has 3 aromatic rings. The first-order valence-corrected chi connectivity index (χ1v) is 10.1. The standard InChI is InChI=1S/C23H15Cl2NO5/c24-17-2-1-3-18(25)16(17)10-12-4-6-15-22(30)14-7-5-13(11-19(14)31-23(12)15)26-20(27)8-9-21(28)29/h1-3,5,7-11H,4,6H2,(H,26,27)(H,28,29)/b9-8+,12-10?. The Labute approximate surface area is 186 Å². The van der Waals surface area contributed by atoms with Crippen LogP contribution in [0.3, 0.4) is 0 Å². The number of hydrogen-bond acceptors (Lipinski definition) is 4. The van der Waals surface area contributed by atoms with Crippen molar-refractivity contribution in [2.45, 2.75) is 12.8 Å². The lowest BCUT2D eigenvalue weighted by atomic mass is 10.1. The van der Waals surface area contributed by atoms with Gasteiger partial charge in [0.2, 0.25) is 5.91 Å². The van der Waals surface area contributed by atoms with E-state index in [0.717, 1.165) is 17.7 Å². The Morgan fingerprint density at radius 1 is 1.06 bits per heavy atom. The molecule has 0 atom stereocenters. The summed E-state index contributed by atoms with van der Waals surface area (Å²) in [5, 5.41) is 12.5. The molecule has 0 bridgehead atoms. The SMILES string of the molecule is O=C(O)/C=C/C(=O)Nc1ccc2c(=O)c3c(oc2c1)C(=Cc1c(Cl)cccc1Cl)CC3. The fraction of sp³-hybridized carbons (Fsp3) is 0.0870. The van der Waals surface area contributed by atoms with E-state index in [1.165, 1.54) is 6.07 Å². The number of carboxylic acids is 1. The fourth-order valence-corrected chi connectivity index (χ4v) is 3.97. The average Bonchev–Trinajstić information content (AvgIpc) is 3.12. The number of hydrogen-bond donors (Lipinski definition) is 2. The maximum Gasteiger partial charge on any atom is 0.328 e. The lowest BCUT2D eigenvalue weighted by Gasteiger charge is -2.07. The number of carboxylic acid groups (broad SMARTS) is 1. The number of amides is 1. The summed E-state index contributed by atoms with van der Waals surface area (Å²) in [6.07, 6.45) is 4.61. The third kappa shape index (κ3) is 4.26. The van der Waals surface area contributed by atoms with Gasteiger partial charge in [0.1, 0.15) is 11.3 Å². The number of benzene rings is 2. The molecule has 0 spiro atoms. The van der Waals surface area contributed by atoms with Crippen molar-refractivity contribution in [3.63, 3.8) is 0 Å². The minimum Gasteiger partial charge on any atom is -0.478 e. The second kappa shape index (κ2) is 8.41. The molecule has 0 saturated heterocycles. The first-order valence-electron chi connectivity index (χ1n) is 9.30. The summed E-state index contributed by atoms with van der Waals surface area (Å²) in [6, 6.07) is 9.89. The molecule has 0 aliphatic heterocycles. The Morgan fingerprint density at radius 2 is 1.81 bits per heavy atom. The first-order chi connectivity index (χ1) is 14.8. The third-order valence-electron chi connectivity index (χ3n) is 4.89. The van der Waals surface area contributed by atoms with E-state index in [1.54, 1.807) is 30.3 Å². The summed E-state index contributed by atoms with van der Waals surface area (Å²) in [5.41, 5.74) is 2.59. The highest BCUT2D eigenvalue weighted by atomic mass is 35.5. The van der Waals surface area contributed by atoms with E-state index < -0.39 is 11.9 Å². The van der Waals surface area contributed by atoms with Crippen molar-refractivity contribution < 1.29 is 19.1 Å². The van der Waals surface area contributed by atoms with Crippen LogP contribution in [-0.4, -0.2) is 17.0 Å². The van der Waals surface area contributed by atoms with Crippen molar-refractivity contribution in [1.29, 1.82) is 0 Å². The normalized spacial score (nSPS) is 14.3. The zero-order valence-corrected chi connectivity index (χ0v) is 17.5. The van der Waals surface area contributed by atoms with Crippen molar-refractivity contribution in [3.8, 4) is 0 Å². The largest absolute Gasteiger partial charge is 0.478 e. The molecule has 1 aliphatic carbocycles. The number of allylic oxidation sites excluding steroid dienone is 1. The highest BCUT2D eigenvalue weighted by Gasteiger charge is 2.24. The fourth-order valence-electron chi connectivity index (χ4n) is 3.46. The molecular weight excluding hydrogens is 441 g/mol. The van der Waals surface area contributed by atoms with Crippen LogP contribution in [0.1, 0.15) is 23.3 Å². The maximum atomic E-state index is 13.0. The van der Waals surface area contributed by atoms with Crippen LogP contribution in [0, 0.1) is 0 Å². The van der Waals surface area contributed by atoms with E-state index in [-0.39, 0.29) is 5.43 Å². The molecule has 0 fully saturated rings. The van der Waals surface area contributed by atoms with Gasteiger partial charge in [-0.1, -0.05) is 29.3 Å². The van der Waals surface area contributed by atoms with E-state index >= 15 is 0 Å². The van der Waals surface area contributed by atoms with Crippen molar-refractivity contribution in [2.24, 2.45) is 0 Å². The van der Waals surface area contributed by atoms with Crippen LogP contribution in [-0.2, 0) is 16.0 Å². The van der Waals surface area contributed by atoms with Gasteiger partial charge < -0.3 is 14.8 Å². The molecule has 156 valence electrons. The van der Waals surface area contributed by atoms with Gasteiger partial charge in [-0.25, -0.2) is 4.79 Å². The molecule has 1 aliphatic rings. The van der Waals surface area contributed by atoms with Crippen molar-refractivity contribution in [2.75, 3.05) is 5.32 Å². The number of halogens is 2. The molecule has 0 saturated carbocycles. The van der Waals surface area contributed by atoms with Gasteiger partial charge in [0.25, 0.3) is 0 Å². The first kappa shape index (κ1) is 20.9. The van der Waals surface area contributed by atoms with Crippen LogP contribution in [0.2, 0.25) is 10.0 Å². The maximum absolute atomic E-state index is 13.0. The van der Waals surface area contributed by atoms with Gasteiger partial charge in [-0.05, 0) is 48.8 Å². The number of carbonyl (C=O) groups is 2. The monoisotopic (exact) mass is 455 g/mol. The van der Waals surface area contributed by atoms with Crippen molar-refractivity contribution in [3.05, 3.63) is 85.7 Å². The quantitative estimate of drug-likeness (QED) is 0.529. The summed E-state index contributed by atoms with van der Waals surface area (Å²) < 4.78 is 6.05. The van der Waals surface area contributed by atoms with Gasteiger partial charge in [-0.3, -0.25) is 9.59 Å². The highest BCUT2D eigenvalue weighted by molar-refractivity contribution is 6.37. The molecule has 1 heterocycles. The highest BCUT2D eigenvalue weighted by Crippen LogP contribution is 2.37. The lowest BCUT2D eigenvalue weighted by Crippen LogP contribution is -2.11. The van der Waals surface area contributed by atoms with E-state index in [0.29, 0.717) is 56.4 Å². The minimum atomic E-state index is -1.23. The van der Waals surface area contributed by atoms with E-state index in [9.17, 15) is 14.4 Å². The minimum absolute atomic E-state index is 0.131. The Balaban J connectivity index is 1.75. The smallest absolute Gasteiger partial charge is 0.328 e. The van der Waals surface area contributed by atoms with Crippen LogP contribution in [0.5, 0.6) is 0 Å². The molecule has 0 unspecified atom stereocenters. The molecule has 2 aromatic carbocycles. The number of aliphatic carboxylic acids is 1. The zero-order valence-electron chi connectivity index (χ0n) is 15.9. The summed E-state index contributed by atoms with van der Waals surface area (Å²) in [6.45, 7) is 0. The average molecular weight is 456 g/mol. The van der Waals surface area contributed by atoms with E-state index in [2.05, 4.69) is 5.32 Å². The molecule has 31 heavy (non-hydrogen) atoms. The predicted octanol–water partition coefficient (Wildman–Crippen LogP) is 5.17. The van der Waals surface area contributed by atoms with E-state index in [4.69, 9.17) is 32.7 Å². The van der Waals surface area contributed by atoms with Gasteiger partial charge in [-0.15, -0.1) is 0 Å². The van der Waals surface area contributed by atoms with Gasteiger partial charge in [0.05, 0.1) is 5.39 Å². The Morgan fingerprint density at radius 3 is 2.52 bits per heavy atom. The van der Waals surface area contributed by atoms with Gasteiger partial charge in [0.15, 0.2) is 5.43 Å². The van der Waals surface area contributed by atoms with Gasteiger partial charge in [-0.2, -0.15) is 0 Å². The van der Waals surface area contributed by atoms with Gasteiger partial charge >= 0.3 is 5.97 Å². The van der Waals surface area contributed by atoms with Crippen LogP contribution < -0.4 is 10.7 Å². The van der Waals surface area contributed by atoms with Crippen molar-refractivity contribution >= 4 is 63.4 Å². The number of anilines is 1. The second-order valence-corrected chi connectivity index (χ2v) is 7.73. The van der Waals surface area contributed by atoms with Crippen LogP contribution >= 0.6 is 23.2 Å². The Bertz CT molecular complexity index is 1330. The third-order valence-corrected chi connectivity index (χ3v) is 5.54. The molecule has 1 amide bonds. The second-order valence-electron chi connectivity index (χ2n) is 6.92. The summed E-state index contributed by atoms with van der Waals surface area (Å²) in [4.78, 5) is 35.3. The van der Waals surface area contributed by atoms with Crippen molar-refractivity contribution in [1.82, 2.24) is 0 Å². The predicted molar refractivity (Wildman–Crippen MR) is 121 cm³/mol. The van der Waals surface area contributed by atoms with Crippen LogP contribution in [0.4, 0.5) is 5.69 Å². The molecule has 4 rings (SSSR count). The molecular formula is C23H15Cl2NO5. The number of nitrogens with one attached hydrogen (secondary N) is 1. The number of carbonyl (C=O) groups excluding carboxylic acids is 1. The van der Waals surface area contributed by atoms with Crippen LogP contribution in [0.15, 0.2) is 57.8 Å². The molecule has 0 radical (unpaired) electrons. The van der Waals surface area contributed by atoms with Crippen LogP contribution in [0.25, 0.3) is 22.6 Å². The molecule has 8 heteroatoms. The van der Waals surface area contributed by atoms with E-state index in [1.807, 2.05) is 6.08 Å². The topological polar surface area (TPSA) is 96.6 Å². The van der Waals surface area contributed by atoms with Gasteiger partial charge in [0, 0.05) is 45.1 Å². The number of fused-ring (bicyclic) bond motifs is 2. The molecule has 6 nitrogen and oxygen atoms in total. The summed E-state index contributed by atoms with van der Waals surface area (Å²) in [5.74, 6) is -1.37. The zero-order chi connectivity index (χ0) is 22.1. The summed E-state index contributed by atoms with van der Waals surface area (Å²) in [7, 11) is 0. The Hall–Kier alpha value is -3.35.